The molecule has 0 unspecified atom stereocenters. The highest BCUT2D eigenvalue weighted by atomic mass is 16.1. The summed E-state index contributed by atoms with van der Waals surface area (Å²) in [6.45, 7) is 3.97. The third kappa shape index (κ3) is 2.99. The highest BCUT2D eigenvalue weighted by molar-refractivity contribution is 5.88. The fraction of sp³-hybridized carbons (Fsp3) is 0.357. The van der Waals surface area contributed by atoms with Crippen LogP contribution in [-0.4, -0.2) is 22.1 Å². The summed E-state index contributed by atoms with van der Waals surface area (Å²) < 4.78 is 0. The Morgan fingerprint density at radius 3 is 2.74 bits per heavy atom. The number of hydrogen-bond acceptors (Lipinski definition) is 3. The van der Waals surface area contributed by atoms with Crippen molar-refractivity contribution in [2.45, 2.75) is 32.7 Å². The highest BCUT2D eigenvalue weighted by Crippen LogP contribution is 2.12. The standard InChI is InChI=1S/C14H17N3O2/c1-3-9(2)15-13(18)8-12-10-6-4-5-7-11(10)14(19)17-16-12/h4-7,9H,3,8H2,1-2H3,(H,15,18)(H,17,19)/t9-/m0/s1. The topological polar surface area (TPSA) is 74.8 Å². The zero-order valence-electron chi connectivity index (χ0n) is 11.1. The van der Waals surface area contributed by atoms with Crippen molar-refractivity contribution in [2.75, 3.05) is 0 Å². The molecule has 0 saturated carbocycles. The Balaban J connectivity index is 2.29. The summed E-state index contributed by atoms with van der Waals surface area (Å²) in [5, 5.41) is 10.6. The lowest BCUT2D eigenvalue weighted by atomic mass is 10.1. The Morgan fingerprint density at radius 1 is 1.37 bits per heavy atom. The first kappa shape index (κ1) is 13.3. The molecule has 0 fully saturated rings. The summed E-state index contributed by atoms with van der Waals surface area (Å²) in [7, 11) is 0. The van der Waals surface area contributed by atoms with E-state index in [1.807, 2.05) is 26.0 Å². The van der Waals surface area contributed by atoms with Crippen LogP contribution in [0.25, 0.3) is 10.8 Å². The fourth-order valence-corrected chi connectivity index (χ4v) is 1.89. The van der Waals surface area contributed by atoms with Crippen LogP contribution in [0, 0.1) is 0 Å². The lowest BCUT2D eigenvalue weighted by Crippen LogP contribution is -2.33. The molecule has 19 heavy (non-hydrogen) atoms. The van der Waals surface area contributed by atoms with Crippen LogP contribution in [0.1, 0.15) is 26.0 Å². The maximum absolute atomic E-state index is 11.9. The van der Waals surface area contributed by atoms with Crippen LogP contribution in [0.2, 0.25) is 0 Å². The zero-order chi connectivity index (χ0) is 13.8. The molecular weight excluding hydrogens is 242 g/mol. The first-order valence-corrected chi connectivity index (χ1v) is 6.37. The van der Waals surface area contributed by atoms with Crippen molar-refractivity contribution in [3.8, 4) is 0 Å². The third-order valence-electron chi connectivity index (χ3n) is 3.12. The minimum atomic E-state index is -0.235. The number of amides is 1. The summed E-state index contributed by atoms with van der Waals surface area (Å²) in [6.07, 6.45) is 1.05. The number of H-pyrrole nitrogens is 1. The number of aromatic amines is 1. The largest absolute Gasteiger partial charge is 0.353 e. The molecule has 2 N–H and O–H groups in total. The maximum atomic E-state index is 11.9. The van der Waals surface area contributed by atoms with Gasteiger partial charge in [-0.3, -0.25) is 9.59 Å². The summed E-state index contributed by atoms with van der Waals surface area (Å²) in [5.74, 6) is -0.0842. The van der Waals surface area contributed by atoms with Crippen molar-refractivity contribution >= 4 is 16.7 Å². The summed E-state index contributed by atoms with van der Waals surface area (Å²) in [5.41, 5.74) is 0.359. The van der Waals surface area contributed by atoms with Crippen LogP contribution >= 0.6 is 0 Å². The van der Waals surface area contributed by atoms with E-state index in [0.717, 1.165) is 11.8 Å². The van der Waals surface area contributed by atoms with Gasteiger partial charge in [0.1, 0.15) is 0 Å². The monoisotopic (exact) mass is 259 g/mol. The quantitative estimate of drug-likeness (QED) is 0.871. The van der Waals surface area contributed by atoms with Crippen LogP contribution in [0.4, 0.5) is 0 Å². The first-order valence-electron chi connectivity index (χ1n) is 6.37. The average Bonchev–Trinajstić information content (AvgIpc) is 2.42. The molecule has 0 spiro atoms. The van der Waals surface area contributed by atoms with E-state index in [4.69, 9.17) is 0 Å². The predicted octanol–water partition coefficient (Wildman–Crippen LogP) is 1.38. The lowest BCUT2D eigenvalue weighted by Gasteiger charge is -2.11. The molecule has 1 amide bonds. The third-order valence-corrected chi connectivity index (χ3v) is 3.12. The van der Waals surface area contributed by atoms with Gasteiger partial charge in [-0.15, -0.1) is 0 Å². The van der Waals surface area contributed by atoms with E-state index in [-0.39, 0.29) is 23.9 Å². The van der Waals surface area contributed by atoms with Gasteiger partial charge in [0.15, 0.2) is 0 Å². The molecule has 1 aromatic carbocycles. The van der Waals surface area contributed by atoms with E-state index in [9.17, 15) is 9.59 Å². The smallest absolute Gasteiger partial charge is 0.272 e. The number of rotatable bonds is 4. The minimum absolute atomic E-state index is 0.0842. The molecule has 2 aromatic rings. The normalized spacial score (nSPS) is 12.3. The summed E-state index contributed by atoms with van der Waals surface area (Å²) in [4.78, 5) is 23.5. The van der Waals surface area contributed by atoms with Crippen molar-refractivity contribution in [1.82, 2.24) is 15.5 Å². The second-order valence-electron chi connectivity index (χ2n) is 4.60. The molecule has 0 aliphatic rings. The number of carbonyl (C=O) groups is 1. The molecule has 5 heteroatoms. The van der Waals surface area contributed by atoms with Gasteiger partial charge in [-0.1, -0.05) is 25.1 Å². The van der Waals surface area contributed by atoms with Crippen LogP contribution in [0.5, 0.6) is 0 Å². The van der Waals surface area contributed by atoms with Gasteiger partial charge in [-0.05, 0) is 19.4 Å². The van der Waals surface area contributed by atoms with Crippen molar-refractivity contribution in [3.05, 3.63) is 40.3 Å². The average molecular weight is 259 g/mol. The molecule has 100 valence electrons. The molecule has 0 bridgehead atoms. The Bertz CT molecular complexity index is 648. The molecule has 0 radical (unpaired) electrons. The van der Waals surface area contributed by atoms with E-state index in [1.165, 1.54) is 0 Å². The minimum Gasteiger partial charge on any atom is -0.353 e. The number of hydrogen-bond donors (Lipinski definition) is 2. The van der Waals surface area contributed by atoms with Gasteiger partial charge in [0.25, 0.3) is 5.56 Å². The molecular formula is C14H17N3O2. The molecule has 5 nitrogen and oxygen atoms in total. The number of aromatic nitrogens is 2. The summed E-state index contributed by atoms with van der Waals surface area (Å²) >= 11 is 0. The van der Waals surface area contributed by atoms with Crippen molar-refractivity contribution in [3.63, 3.8) is 0 Å². The lowest BCUT2D eigenvalue weighted by molar-refractivity contribution is -0.121. The summed E-state index contributed by atoms with van der Waals surface area (Å²) in [6, 6.07) is 7.30. The van der Waals surface area contributed by atoms with Crippen LogP contribution in [0.3, 0.4) is 0 Å². The number of nitrogens with zero attached hydrogens (tertiary/aromatic N) is 1. The Morgan fingerprint density at radius 2 is 2.05 bits per heavy atom. The highest BCUT2D eigenvalue weighted by Gasteiger charge is 2.11. The molecule has 2 rings (SSSR count). The van der Waals surface area contributed by atoms with Gasteiger partial charge in [0, 0.05) is 11.4 Å². The second kappa shape index (κ2) is 5.65. The Hall–Kier alpha value is -2.17. The van der Waals surface area contributed by atoms with E-state index in [2.05, 4.69) is 15.5 Å². The van der Waals surface area contributed by atoms with E-state index >= 15 is 0 Å². The predicted molar refractivity (Wildman–Crippen MR) is 74.0 cm³/mol. The molecule has 1 aromatic heterocycles. The van der Waals surface area contributed by atoms with Crippen molar-refractivity contribution in [2.24, 2.45) is 0 Å². The molecule has 0 saturated heterocycles. The van der Waals surface area contributed by atoms with Gasteiger partial charge in [-0.2, -0.15) is 5.10 Å². The van der Waals surface area contributed by atoms with E-state index in [0.29, 0.717) is 11.1 Å². The molecule has 1 atom stereocenters. The zero-order valence-corrected chi connectivity index (χ0v) is 11.1. The van der Waals surface area contributed by atoms with E-state index < -0.39 is 0 Å². The van der Waals surface area contributed by atoms with E-state index in [1.54, 1.807) is 12.1 Å². The van der Waals surface area contributed by atoms with Crippen LogP contribution in [0.15, 0.2) is 29.1 Å². The SMILES string of the molecule is CC[C@H](C)NC(=O)Cc1n[nH]c(=O)c2ccccc12. The Kier molecular flexibility index (Phi) is 3.94. The van der Waals surface area contributed by atoms with Crippen molar-refractivity contribution in [1.29, 1.82) is 0 Å². The van der Waals surface area contributed by atoms with Gasteiger partial charge < -0.3 is 5.32 Å². The van der Waals surface area contributed by atoms with Gasteiger partial charge >= 0.3 is 0 Å². The maximum Gasteiger partial charge on any atom is 0.272 e. The van der Waals surface area contributed by atoms with Gasteiger partial charge in [0.2, 0.25) is 5.91 Å². The first-order chi connectivity index (χ1) is 9.11. The van der Waals surface area contributed by atoms with Crippen LogP contribution < -0.4 is 10.9 Å². The molecule has 0 aliphatic carbocycles. The number of benzene rings is 1. The number of nitrogens with one attached hydrogen (secondary N) is 2. The van der Waals surface area contributed by atoms with Gasteiger partial charge in [0.05, 0.1) is 17.5 Å². The number of carbonyl (C=O) groups excluding carboxylic acids is 1. The molecule has 0 aliphatic heterocycles. The second-order valence-corrected chi connectivity index (χ2v) is 4.60. The van der Waals surface area contributed by atoms with Gasteiger partial charge in [-0.25, -0.2) is 5.10 Å². The fourth-order valence-electron chi connectivity index (χ4n) is 1.89. The van der Waals surface area contributed by atoms with Crippen LogP contribution in [-0.2, 0) is 11.2 Å². The van der Waals surface area contributed by atoms with Crippen molar-refractivity contribution < 1.29 is 4.79 Å². The Labute approximate surface area is 111 Å². The number of fused-ring (bicyclic) bond motifs is 1. The molecule has 1 heterocycles.